The number of benzene rings is 1. The molecule has 1 fully saturated rings. The Bertz CT molecular complexity index is 844. The highest BCUT2D eigenvalue weighted by molar-refractivity contribution is 7.14. The summed E-state index contributed by atoms with van der Waals surface area (Å²) < 4.78 is 4.86. The van der Waals surface area contributed by atoms with Crippen molar-refractivity contribution in [1.29, 1.82) is 0 Å². The first-order valence-electron chi connectivity index (χ1n) is 9.95. The molecule has 2 N–H and O–H groups in total. The standard InChI is InChI=1S/C21H28N4O3S/c1-4-28-21(27)23-17-7-5-6-16(9-17)19(26)24-20-22-18(13-29-20)12-25-10-14(2)8-15(3)11-25/h5-7,9,13-15H,4,8,10-12H2,1-3H3,(H,23,27)(H,22,24,26). The lowest BCUT2D eigenvalue weighted by molar-refractivity contribution is 0.102. The highest BCUT2D eigenvalue weighted by Crippen LogP contribution is 2.24. The molecule has 156 valence electrons. The van der Waals surface area contributed by atoms with E-state index in [-0.39, 0.29) is 12.5 Å². The Morgan fingerprint density at radius 3 is 2.72 bits per heavy atom. The Labute approximate surface area is 175 Å². The predicted octanol–water partition coefficient (Wildman–Crippen LogP) is 4.44. The number of hydrogen-bond acceptors (Lipinski definition) is 6. The van der Waals surface area contributed by atoms with Crippen molar-refractivity contribution in [1.82, 2.24) is 9.88 Å². The molecule has 3 rings (SSSR count). The summed E-state index contributed by atoms with van der Waals surface area (Å²) in [6.07, 6.45) is 0.731. The molecule has 2 heterocycles. The smallest absolute Gasteiger partial charge is 0.411 e. The Kier molecular flexibility index (Phi) is 7.22. The summed E-state index contributed by atoms with van der Waals surface area (Å²) in [6, 6.07) is 6.71. The van der Waals surface area contributed by atoms with Crippen LogP contribution in [0.25, 0.3) is 0 Å². The third-order valence-corrected chi connectivity index (χ3v) is 5.56. The first kappa shape index (κ1) is 21.3. The fourth-order valence-electron chi connectivity index (χ4n) is 3.78. The van der Waals surface area contributed by atoms with Crippen molar-refractivity contribution in [3.8, 4) is 0 Å². The van der Waals surface area contributed by atoms with Gasteiger partial charge in [-0.2, -0.15) is 0 Å². The molecule has 2 amide bonds. The second-order valence-corrected chi connectivity index (χ2v) is 8.52. The van der Waals surface area contributed by atoms with Crippen LogP contribution in [0.5, 0.6) is 0 Å². The summed E-state index contributed by atoms with van der Waals surface area (Å²) in [5.41, 5.74) is 1.92. The number of aromatic nitrogens is 1. The first-order chi connectivity index (χ1) is 13.9. The molecule has 29 heavy (non-hydrogen) atoms. The molecule has 0 radical (unpaired) electrons. The molecular weight excluding hydrogens is 388 g/mol. The van der Waals surface area contributed by atoms with Crippen LogP contribution in [-0.2, 0) is 11.3 Å². The van der Waals surface area contributed by atoms with Crippen molar-refractivity contribution < 1.29 is 14.3 Å². The number of ether oxygens (including phenoxy) is 1. The zero-order chi connectivity index (χ0) is 20.8. The molecule has 0 spiro atoms. The van der Waals surface area contributed by atoms with Crippen molar-refractivity contribution in [2.45, 2.75) is 33.7 Å². The predicted molar refractivity (Wildman–Crippen MR) is 115 cm³/mol. The Morgan fingerprint density at radius 1 is 1.24 bits per heavy atom. The Morgan fingerprint density at radius 2 is 2.00 bits per heavy atom. The van der Waals surface area contributed by atoms with Gasteiger partial charge in [0.15, 0.2) is 5.13 Å². The summed E-state index contributed by atoms with van der Waals surface area (Å²) in [5.74, 6) is 1.14. The van der Waals surface area contributed by atoms with Crippen LogP contribution < -0.4 is 10.6 Å². The van der Waals surface area contributed by atoms with Gasteiger partial charge in [-0.05, 0) is 43.4 Å². The summed E-state index contributed by atoms with van der Waals surface area (Å²) in [7, 11) is 0. The van der Waals surface area contributed by atoms with Gasteiger partial charge in [-0.25, -0.2) is 9.78 Å². The maximum Gasteiger partial charge on any atom is 0.411 e. The second kappa shape index (κ2) is 9.84. The van der Waals surface area contributed by atoms with Gasteiger partial charge < -0.3 is 4.74 Å². The maximum absolute atomic E-state index is 12.6. The normalized spacial score (nSPS) is 19.6. The quantitative estimate of drug-likeness (QED) is 0.727. The molecule has 8 heteroatoms. The van der Waals surface area contributed by atoms with Crippen LogP contribution in [0, 0.1) is 11.8 Å². The highest BCUT2D eigenvalue weighted by atomic mass is 32.1. The molecular formula is C21H28N4O3S. The number of likely N-dealkylation sites (tertiary alicyclic amines) is 1. The lowest BCUT2D eigenvalue weighted by Gasteiger charge is -2.34. The van der Waals surface area contributed by atoms with Crippen molar-refractivity contribution in [2.75, 3.05) is 30.3 Å². The van der Waals surface area contributed by atoms with E-state index in [9.17, 15) is 9.59 Å². The number of carbonyl (C=O) groups is 2. The molecule has 1 aliphatic heterocycles. The van der Waals surface area contributed by atoms with Gasteiger partial charge in [-0.15, -0.1) is 11.3 Å². The number of piperidine rings is 1. The molecule has 2 unspecified atom stereocenters. The Hall–Kier alpha value is -2.45. The molecule has 1 aromatic heterocycles. The number of hydrogen-bond donors (Lipinski definition) is 2. The fraction of sp³-hybridized carbons (Fsp3) is 0.476. The van der Waals surface area contributed by atoms with Gasteiger partial charge in [0.2, 0.25) is 0 Å². The maximum atomic E-state index is 12.6. The van der Waals surface area contributed by atoms with Crippen LogP contribution in [0.3, 0.4) is 0 Å². The van der Waals surface area contributed by atoms with Crippen LogP contribution in [-0.4, -0.2) is 41.6 Å². The zero-order valence-corrected chi connectivity index (χ0v) is 17.9. The minimum absolute atomic E-state index is 0.265. The van der Waals surface area contributed by atoms with Gasteiger partial charge in [0.1, 0.15) is 0 Å². The van der Waals surface area contributed by atoms with E-state index in [0.29, 0.717) is 28.2 Å². The van der Waals surface area contributed by atoms with E-state index in [1.165, 1.54) is 17.8 Å². The van der Waals surface area contributed by atoms with Crippen LogP contribution >= 0.6 is 11.3 Å². The van der Waals surface area contributed by atoms with Crippen molar-refractivity contribution in [3.05, 3.63) is 40.9 Å². The summed E-state index contributed by atoms with van der Waals surface area (Å²) in [5, 5.41) is 8.02. The summed E-state index contributed by atoms with van der Waals surface area (Å²) in [6.45, 7) is 9.58. The van der Waals surface area contributed by atoms with E-state index < -0.39 is 6.09 Å². The third kappa shape index (κ3) is 6.27. The zero-order valence-electron chi connectivity index (χ0n) is 17.1. The van der Waals surface area contributed by atoms with Crippen molar-refractivity contribution in [2.24, 2.45) is 11.8 Å². The van der Waals surface area contributed by atoms with E-state index in [1.807, 2.05) is 5.38 Å². The van der Waals surface area contributed by atoms with Gasteiger partial charge >= 0.3 is 6.09 Å². The lowest BCUT2D eigenvalue weighted by atomic mass is 9.92. The monoisotopic (exact) mass is 416 g/mol. The van der Waals surface area contributed by atoms with Crippen molar-refractivity contribution in [3.63, 3.8) is 0 Å². The molecule has 1 saturated heterocycles. The highest BCUT2D eigenvalue weighted by Gasteiger charge is 2.22. The van der Waals surface area contributed by atoms with Gasteiger partial charge in [0.25, 0.3) is 5.91 Å². The molecule has 0 aliphatic carbocycles. The Balaban J connectivity index is 1.58. The molecule has 0 bridgehead atoms. The number of nitrogens with one attached hydrogen (secondary N) is 2. The minimum atomic E-state index is -0.545. The van der Waals surface area contributed by atoms with E-state index in [1.54, 1.807) is 31.2 Å². The van der Waals surface area contributed by atoms with Crippen LogP contribution in [0.1, 0.15) is 43.2 Å². The fourth-order valence-corrected chi connectivity index (χ4v) is 4.48. The molecule has 2 aromatic rings. The second-order valence-electron chi connectivity index (χ2n) is 7.66. The number of thiazole rings is 1. The van der Waals surface area contributed by atoms with E-state index in [2.05, 4.69) is 34.4 Å². The van der Waals surface area contributed by atoms with Crippen LogP contribution in [0.4, 0.5) is 15.6 Å². The third-order valence-electron chi connectivity index (χ3n) is 4.75. The number of carbonyl (C=O) groups excluding carboxylic acids is 2. The topological polar surface area (TPSA) is 83.6 Å². The number of anilines is 2. The molecule has 7 nitrogen and oxygen atoms in total. The average Bonchev–Trinajstić information content (AvgIpc) is 3.08. The summed E-state index contributed by atoms with van der Waals surface area (Å²) >= 11 is 1.42. The van der Waals surface area contributed by atoms with E-state index >= 15 is 0 Å². The number of amides is 2. The SMILES string of the molecule is CCOC(=O)Nc1cccc(C(=O)Nc2nc(CN3CC(C)CC(C)C3)cs2)c1. The lowest BCUT2D eigenvalue weighted by Crippen LogP contribution is -2.38. The van der Waals surface area contributed by atoms with Crippen LogP contribution in [0.15, 0.2) is 29.6 Å². The van der Waals surface area contributed by atoms with Gasteiger partial charge in [0.05, 0.1) is 12.3 Å². The molecule has 1 aromatic carbocycles. The van der Waals surface area contributed by atoms with Gasteiger partial charge in [-0.3, -0.25) is 20.3 Å². The molecule has 1 aliphatic rings. The largest absolute Gasteiger partial charge is 0.450 e. The molecule has 2 atom stereocenters. The van der Waals surface area contributed by atoms with E-state index in [0.717, 1.165) is 25.3 Å². The van der Waals surface area contributed by atoms with Gasteiger partial charge in [0, 0.05) is 36.3 Å². The minimum Gasteiger partial charge on any atom is -0.450 e. The first-order valence-corrected chi connectivity index (χ1v) is 10.8. The average molecular weight is 417 g/mol. The molecule has 0 saturated carbocycles. The van der Waals surface area contributed by atoms with Crippen molar-refractivity contribution >= 4 is 34.2 Å². The number of nitrogens with zero attached hydrogens (tertiary/aromatic N) is 2. The number of rotatable bonds is 6. The van der Waals surface area contributed by atoms with Crippen LogP contribution in [0.2, 0.25) is 0 Å². The summed E-state index contributed by atoms with van der Waals surface area (Å²) in [4.78, 5) is 31.1. The van der Waals surface area contributed by atoms with Gasteiger partial charge in [-0.1, -0.05) is 19.9 Å². The van der Waals surface area contributed by atoms with E-state index in [4.69, 9.17) is 4.74 Å².